The molecular weight excluding hydrogens is 485 g/mol. The summed E-state index contributed by atoms with van der Waals surface area (Å²) < 4.78 is 10.7. The zero-order valence-electron chi connectivity index (χ0n) is 16.9. The molecule has 0 aliphatic carbocycles. The third-order valence-corrected chi connectivity index (χ3v) is 5.71. The lowest BCUT2D eigenvalue weighted by Crippen LogP contribution is -2.47. The van der Waals surface area contributed by atoms with Gasteiger partial charge in [-0.05, 0) is 31.7 Å². The van der Waals surface area contributed by atoms with Crippen LogP contribution in [0.15, 0.2) is 34.9 Å². The number of hydrogen-bond acceptors (Lipinski definition) is 5. The van der Waals surface area contributed by atoms with Gasteiger partial charge in [0.15, 0.2) is 23.0 Å². The molecule has 0 unspecified atom stereocenters. The van der Waals surface area contributed by atoms with Gasteiger partial charge >= 0.3 is 0 Å². The minimum Gasteiger partial charge on any atom is -0.427 e. The van der Waals surface area contributed by atoms with E-state index in [0.29, 0.717) is 31.0 Å². The molecule has 1 aromatic heterocycles. The summed E-state index contributed by atoms with van der Waals surface area (Å²) in [5.74, 6) is 0.639. The van der Waals surface area contributed by atoms with Crippen LogP contribution in [0.3, 0.4) is 0 Å². The number of nitrogens with one attached hydrogen (secondary N) is 1. The van der Waals surface area contributed by atoms with Crippen molar-refractivity contribution in [2.24, 2.45) is 5.92 Å². The summed E-state index contributed by atoms with van der Waals surface area (Å²) in [6.07, 6.45) is 1.46. The number of nitrogens with zero attached hydrogens (tertiary/aromatic N) is 2. The van der Waals surface area contributed by atoms with Gasteiger partial charge in [0.1, 0.15) is 23.5 Å². The zero-order valence-corrected chi connectivity index (χ0v) is 19.0. The van der Waals surface area contributed by atoms with Crippen molar-refractivity contribution >= 4 is 34.8 Å². The van der Waals surface area contributed by atoms with Gasteiger partial charge in [-0.15, -0.1) is 0 Å². The highest BCUT2D eigenvalue weighted by molar-refractivity contribution is 14.1. The number of hydrogen-bond donors (Lipinski definition) is 1. The van der Waals surface area contributed by atoms with Gasteiger partial charge in [-0.25, -0.2) is 0 Å². The first-order chi connectivity index (χ1) is 13.9. The highest BCUT2D eigenvalue weighted by Gasteiger charge is 2.39. The molecule has 1 aliphatic heterocycles. The van der Waals surface area contributed by atoms with Gasteiger partial charge in [-0.2, -0.15) is 0 Å². The first kappa shape index (κ1) is 21.6. The summed E-state index contributed by atoms with van der Waals surface area (Å²) >= 11 is 1.83. The molecule has 1 saturated heterocycles. The van der Waals surface area contributed by atoms with Crippen molar-refractivity contribution in [1.29, 1.82) is 0 Å². The Morgan fingerprint density at radius 1 is 1.38 bits per heavy atom. The second-order valence-electron chi connectivity index (χ2n) is 7.68. The molecule has 3 rings (SSSR count). The number of halogens is 1. The molecule has 2 atom stereocenters. The van der Waals surface area contributed by atoms with Crippen molar-refractivity contribution < 1.29 is 17.2 Å². The van der Waals surface area contributed by atoms with Crippen molar-refractivity contribution in [3.8, 4) is 5.75 Å². The van der Waals surface area contributed by atoms with Crippen LogP contribution >= 0.6 is 23.0 Å². The van der Waals surface area contributed by atoms with Crippen LogP contribution in [0.1, 0.15) is 49.6 Å². The first-order valence-electron chi connectivity index (χ1n) is 9.80. The number of amides is 2. The van der Waals surface area contributed by atoms with Crippen LogP contribution in [0.5, 0.6) is 5.75 Å². The highest BCUT2D eigenvalue weighted by atomic mass is 127. The second kappa shape index (κ2) is 9.60. The zero-order chi connectivity index (χ0) is 21.0. The monoisotopic (exact) mass is 511 g/mol. The van der Waals surface area contributed by atoms with Gasteiger partial charge in [0.2, 0.25) is 11.8 Å². The number of aryl methyl sites for hydroxylation is 1. The van der Waals surface area contributed by atoms with Crippen LogP contribution in [0.25, 0.3) is 0 Å². The lowest BCUT2D eigenvalue weighted by molar-refractivity contribution is -0.140. The van der Waals surface area contributed by atoms with E-state index in [2.05, 4.69) is 10.5 Å². The summed E-state index contributed by atoms with van der Waals surface area (Å²) in [4.78, 5) is 27.9. The van der Waals surface area contributed by atoms with E-state index in [4.69, 9.17) is 7.59 Å². The van der Waals surface area contributed by atoms with Crippen LogP contribution in [0.4, 0.5) is 0 Å². The van der Waals surface area contributed by atoms with E-state index in [0.717, 1.165) is 17.7 Å². The summed E-state index contributed by atoms with van der Waals surface area (Å²) in [5, 5.41) is 6.89. The minimum atomic E-state index is -0.472. The number of carbonyl (C=O) groups excluding carboxylic acids is 2. The van der Waals surface area contributed by atoms with Crippen LogP contribution in [0.2, 0.25) is 0 Å². The second-order valence-corrected chi connectivity index (χ2v) is 8.13. The van der Waals surface area contributed by atoms with Crippen molar-refractivity contribution in [1.82, 2.24) is 15.4 Å². The molecule has 1 aliphatic rings. The minimum absolute atomic E-state index is 0.0341. The molecule has 1 N–H and O–H groups in total. The van der Waals surface area contributed by atoms with Gasteiger partial charge in [0.05, 0.1) is 5.69 Å². The maximum absolute atomic E-state index is 13.3. The molecule has 0 spiro atoms. The Morgan fingerprint density at radius 2 is 2.14 bits per heavy atom. The van der Waals surface area contributed by atoms with E-state index >= 15 is 0 Å². The number of carbonyl (C=O) groups is 2. The normalized spacial score (nSPS) is 17.4. The van der Waals surface area contributed by atoms with Crippen molar-refractivity contribution in [3.05, 3.63) is 47.3 Å². The largest absolute Gasteiger partial charge is 0.427 e. The van der Waals surface area contributed by atoms with Crippen LogP contribution in [0, 0.1) is 12.8 Å². The van der Waals surface area contributed by atoms with E-state index in [1.807, 2.05) is 68.0 Å². The average molecular weight is 511 g/mol. The number of benzene rings is 1. The topological polar surface area (TPSA) is 84.7 Å². The number of para-hydroxylation sites is 1. The Hall–Kier alpha value is -2.10. The van der Waals surface area contributed by atoms with Crippen molar-refractivity contribution in [2.45, 2.75) is 52.1 Å². The van der Waals surface area contributed by atoms with E-state index < -0.39 is 12.0 Å². The SMILES string of the molecule is Cc1cc([C@H](C(=O)N2CCC[C@H]2C(=O)NCc2ccccc2OI)C(C)C)on1. The van der Waals surface area contributed by atoms with E-state index in [9.17, 15) is 9.59 Å². The lowest BCUT2D eigenvalue weighted by Gasteiger charge is -2.29. The quantitative estimate of drug-likeness (QED) is 0.573. The van der Waals surface area contributed by atoms with Gasteiger partial charge in [0, 0.05) is 24.7 Å². The van der Waals surface area contributed by atoms with Crippen LogP contribution in [-0.2, 0) is 16.1 Å². The molecule has 8 heteroatoms. The summed E-state index contributed by atoms with van der Waals surface area (Å²) in [6, 6.07) is 8.88. The lowest BCUT2D eigenvalue weighted by atomic mass is 9.91. The summed E-state index contributed by atoms with van der Waals surface area (Å²) in [6.45, 7) is 6.71. The molecule has 2 amide bonds. The molecule has 1 fully saturated rings. The molecule has 156 valence electrons. The Morgan fingerprint density at radius 3 is 2.79 bits per heavy atom. The standard InChI is InChI=1S/C21H26IN3O4/c1-13(2)19(18-11-14(3)24-29-18)21(27)25-10-6-8-16(25)20(26)23-12-15-7-4-5-9-17(15)28-22/h4-5,7,9,11,13,16,19H,6,8,10,12H2,1-3H3,(H,23,26)/t16-,19+/m0/s1. The predicted molar refractivity (Wildman–Crippen MR) is 116 cm³/mol. The first-order valence-corrected chi connectivity index (χ1v) is 10.7. The molecule has 0 bridgehead atoms. The summed E-state index contributed by atoms with van der Waals surface area (Å²) in [5.41, 5.74) is 1.63. The Balaban J connectivity index is 1.71. The molecule has 0 radical (unpaired) electrons. The molecule has 29 heavy (non-hydrogen) atoms. The molecule has 1 aromatic carbocycles. The fourth-order valence-corrected chi connectivity index (χ4v) is 4.20. The molecule has 2 heterocycles. The molecule has 7 nitrogen and oxygen atoms in total. The predicted octanol–water partition coefficient (Wildman–Crippen LogP) is 3.76. The number of likely N-dealkylation sites (tertiary alicyclic amines) is 1. The maximum atomic E-state index is 13.3. The van der Waals surface area contributed by atoms with Crippen molar-refractivity contribution in [3.63, 3.8) is 0 Å². The Kier molecular flexibility index (Phi) is 7.15. The van der Waals surface area contributed by atoms with Gasteiger partial charge in [-0.3, -0.25) is 9.59 Å². The smallest absolute Gasteiger partial charge is 0.243 e. The molecule has 0 saturated carbocycles. The number of rotatable bonds is 7. The van der Waals surface area contributed by atoms with Crippen LogP contribution in [-0.4, -0.2) is 34.5 Å². The van der Waals surface area contributed by atoms with Crippen LogP contribution < -0.4 is 8.38 Å². The molecular formula is C21H26IN3O4. The van der Waals surface area contributed by atoms with Gasteiger partial charge < -0.3 is 17.8 Å². The third kappa shape index (κ3) is 4.91. The van der Waals surface area contributed by atoms with Gasteiger partial charge in [-0.1, -0.05) is 37.2 Å². The van der Waals surface area contributed by atoms with Gasteiger partial charge in [0.25, 0.3) is 0 Å². The maximum Gasteiger partial charge on any atom is 0.243 e. The van der Waals surface area contributed by atoms with E-state index in [1.165, 1.54) is 0 Å². The average Bonchev–Trinajstić information content (AvgIpc) is 3.35. The third-order valence-electron chi connectivity index (χ3n) is 5.23. The fourth-order valence-electron chi connectivity index (χ4n) is 3.77. The number of aromatic nitrogens is 1. The van der Waals surface area contributed by atoms with E-state index in [1.54, 1.807) is 11.0 Å². The molecule has 2 aromatic rings. The highest BCUT2D eigenvalue weighted by Crippen LogP contribution is 2.31. The Labute approximate surface area is 184 Å². The van der Waals surface area contributed by atoms with E-state index in [-0.39, 0.29) is 17.7 Å². The Bertz CT molecular complexity index is 867. The fraction of sp³-hybridized carbons (Fsp3) is 0.476. The van der Waals surface area contributed by atoms with Crippen molar-refractivity contribution in [2.75, 3.05) is 6.54 Å². The summed E-state index contributed by atoms with van der Waals surface area (Å²) in [7, 11) is 0.